The first-order valence-electron chi connectivity index (χ1n) is 10.2. The summed E-state index contributed by atoms with van der Waals surface area (Å²) >= 11 is 0. The molecule has 4 nitrogen and oxygen atoms in total. The Morgan fingerprint density at radius 2 is 1.89 bits per heavy atom. The highest BCUT2D eigenvalue weighted by Gasteiger charge is 2.51. The number of allylic oxidation sites excluding steroid dienone is 1. The maximum Gasteiger partial charge on any atom is 0.165 e. The molecule has 4 heteroatoms. The van der Waals surface area contributed by atoms with Gasteiger partial charge in [-0.1, -0.05) is 64.1 Å². The molecule has 0 aliphatic carbocycles. The lowest BCUT2D eigenvalue weighted by molar-refractivity contribution is -0.348. The van der Waals surface area contributed by atoms with Crippen LogP contribution in [0.15, 0.2) is 43.0 Å². The molecule has 0 amide bonds. The standard InChI is InChI=1S/C24H36O4/c1-8-12-16(2)21-17(3)22(28-24(6,7)27-21)23(4,5)20(26)15-19(25)18-13-10-9-11-14-18/h8-11,13-14,16-17,20-22,26H,1,12,15H2,2-7H3/t16-,17+,20-,21-,22+/m0/s1. The van der Waals surface area contributed by atoms with E-state index < -0.39 is 17.3 Å². The molecule has 1 saturated heterocycles. The molecular formula is C24H36O4. The molecule has 0 saturated carbocycles. The van der Waals surface area contributed by atoms with E-state index in [1.165, 1.54) is 0 Å². The number of ketones is 1. The lowest BCUT2D eigenvalue weighted by atomic mass is 9.70. The molecule has 0 unspecified atom stereocenters. The molecule has 5 atom stereocenters. The molecule has 2 rings (SSSR count). The van der Waals surface area contributed by atoms with Crippen LogP contribution >= 0.6 is 0 Å². The summed E-state index contributed by atoms with van der Waals surface area (Å²) in [6.07, 6.45) is 1.76. The van der Waals surface area contributed by atoms with Crippen LogP contribution in [0.1, 0.15) is 64.7 Å². The average Bonchev–Trinajstić information content (AvgIpc) is 2.64. The molecule has 1 aromatic carbocycles. The Morgan fingerprint density at radius 1 is 1.29 bits per heavy atom. The summed E-state index contributed by atoms with van der Waals surface area (Å²) in [5, 5.41) is 11.0. The smallest absolute Gasteiger partial charge is 0.165 e. The summed E-state index contributed by atoms with van der Waals surface area (Å²) in [5.41, 5.74) is 0.00736. The minimum atomic E-state index is -0.822. The van der Waals surface area contributed by atoms with Crippen molar-refractivity contribution >= 4 is 5.78 Å². The van der Waals surface area contributed by atoms with Gasteiger partial charge in [-0.15, -0.1) is 6.58 Å². The topological polar surface area (TPSA) is 55.8 Å². The number of ether oxygens (including phenoxy) is 2. The van der Waals surface area contributed by atoms with Gasteiger partial charge in [0.25, 0.3) is 0 Å². The molecule has 1 aromatic rings. The lowest BCUT2D eigenvalue weighted by Gasteiger charge is -2.52. The van der Waals surface area contributed by atoms with Crippen LogP contribution in [0.2, 0.25) is 0 Å². The molecule has 1 heterocycles. The zero-order chi connectivity index (χ0) is 21.1. The summed E-state index contributed by atoms with van der Waals surface area (Å²) in [6, 6.07) is 9.11. The van der Waals surface area contributed by atoms with Crippen molar-refractivity contribution in [3.05, 3.63) is 48.6 Å². The van der Waals surface area contributed by atoms with E-state index in [4.69, 9.17) is 9.47 Å². The molecule has 0 bridgehead atoms. The van der Waals surface area contributed by atoms with Gasteiger partial charge in [0.15, 0.2) is 11.6 Å². The highest BCUT2D eigenvalue weighted by Crippen LogP contribution is 2.44. The summed E-state index contributed by atoms with van der Waals surface area (Å²) < 4.78 is 12.5. The van der Waals surface area contributed by atoms with Crippen LogP contribution in [-0.4, -0.2) is 35.0 Å². The molecule has 1 aliphatic rings. The van der Waals surface area contributed by atoms with Crippen LogP contribution in [0.5, 0.6) is 0 Å². The Balaban J connectivity index is 2.21. The van der Waals surface area contributed by atoms with Crippen LogP contribution in [0.25, 0.3) is 0 Å². The van der Waals surface area contributed by atoms with Gasteiger partial charge in [-0.3, -0.25) is 4.79 Å². The summed E-state index contributed by atoms with van der Waals surface area (Å²) in [6.45, 7) is 15.9. The minimum absolute atomic E-state index is 0.0111. The number of carbonyl (C=O) groups is 1. The zero-order valence-corrected chi connectivity index (χ0v) is 18.1. The van der Waals surface area contributed by atoms with Gasteiger partial charge in [0.05, 0.1) is 18.3 Å². The van der Waals surface area contributed by atoms with E-state index in [0.717, 1.165) is 6.42 Å². The van der Waals surface area contributed by atoms with Crippen molar-refractivity contribution in [1.29, 1.82) is 0 Å². The van der Waals surface area contributed by atoms with Crippen LogP contribution in [0.3, 0.4) is 0 Å². The van der Waals surface area contributed by atoms with Crippen molar-refractivity contribution in [1.82, 2.24) is 0 Å². The molecule has 0 aromatic heterocycles. The fourth-order valence-corrected chi connectivity index (χ4v) is 4.28. The quantitative estimate of drug-likeness (QED) is 0.502. The summed E-state index contributed by atoms with van der Waals surface area (Å²) in [4.78, 5) is 12.6. The van der Waals surface area contributed by atoms with E-state index in [9.17, 15) is 9.90 Å². The number of carbonyl (C=O) groups excluding carboxylic acids is 1. The van der Waals surface area contributed by atoms with E-state index in [1.54, 1.807) is 12.1 Å². The van der Waals surface area contributed by atoms with Gasteiger partial charge >= 0.3 is 0 Å². The van der Waals surface area contributed by atoms with Crippen molar-refractivity contribution in [2.75, 3.05) is 0 Å². The van der Waals surface area contributed by atoms with Crippen molar-refractivity contribution < 1.29 is 19.4 Å². The molecule has 156 valence electrons. The second-order valence-corrected chi connectivity index (χ2v) is 9.21. The summed E-state index contributed by atoms with van der Waals surface area (Å²) in [5.74, 6) is -0.453. The second-order valence-electron chi connectivity index (χ2n) is 9.21. The molecular weight excluding hydrogens is 352 g/mol. The number of aliphatic hydroxyl groups is 1. The Labute approximate surface area is 169 Å². The van der Waals surface area contributed by atoms with Crippen molar-refractivity contribution in [2.24, 2.45) is 17.3 Å². The highest BCUT2D eigenvalue weighted by molar-refractivity contribution is 5.96. The van der Waals surface area contributed by atoms with Gasteiger partial charge in [-0.25, -0.2) is 0 Å². The fourth-order valence-electron chi connectivity index (χ4n) is 4.28. The monoisotopic (exact) mass is 388 g/mol. The van der Waals surface area contributed by atoms with Gasteiger partial charge < -0.3 is 14.6 Å². The van der Waals surface area contributed by atoms with Gasteiger partial charge in [-0.05, 0) is 26.2 Å². The van der Waals surface area contributed by atoms with E-state index in [-0.39, 0.29) is 36.2 Å². The Morgan fingerprint density at radius 3 is 2.46 bits per heavy atom. The normalized spacial score (nSPS) is 27.0. The molecule has 1 N–H and O–H groups in total. The van der Waals surface area contributed by atoms with Crippen LogP contribution < -0.4 is 0 Å². The number of benzene rings is 1. The van der Waals surface area contributed by atoms with Crippen molar-refractivity contribution in [3.63, 3.8) is 0 Å². The number of aliphatic hydroxyl groups excluding tert-OH is 1. The Bertz CT molecular complexity index is 664. The third kappa shape index (κ3) is 5.11. The van der Waals surface area contributed by atoms with E-state index in [1.807, 2.05) is 52.0 Å². The first-order chi connectivity index (χ1) is 13.0. The van der Waals surface area contributed by atoms with Crippen LogP contribution in [0, 0.1) is 17.3 Å². The third-order valence-electron chi connectivity index (χ3n) is 5.99. The van der Waals surface area contributed by atoms with E-state index >= 15 is 0 Å². The Hall–Kier alpha value is -1.49. The number of Topliss-reactive ketones (excluding diaryl/α,β-unsaturated/α-hetero) is 1. The average molecular weight is 389 g/mol. The fraction of sp³-hybridized carbons (Fsp3) is 0.625. The van der Waals surface area contributed by atoms with Gasteiger partial charge in [-0.2, -0.15) is 0 Å². The first-order valence-corrected chi connectivity index (χ1v) is 10.2. The predicted octanol–water partition coefficient (Wildman–Crippen LogP) is 5.01. The maximum atomic E-state index is 12.6. The van der Waals surface area contributed by atoms with Crippen molar-refractivity contribution in [2.45, 2.75) is 78.5 Å². The van der Waals surface area contributed by atoms with Crippen molar-refractivity contribution in [3.8, 4) is 0 Å². The molecule has 0 spiro atoms. The molecule has 28 heavy (non-hydrogen) atoms. The van der Waals surface area contributed by atoms with E-state index in [2.05, 4.69) is 20.4 Å². The van der Waals surface area contributed by atoms with Gasteiger partial charge in [0.1, 0.15) is 0 Å². The number of rotatable bonds is 8. The lowest BCUT2D eigenvalue weighted by Crippen LogP contribution is -2.59. The summed E-state index contributed by atoms with van der Waals surface area (Å²) in [7, 11) is 0. The van der Waals surface area contributed by atoms with Crippen LogP contribution in [0.4, 0.5) is 0 Å². The second kappa shape index (κ2) is 8.89. The molecule has 1 aliphatic heterocycles. The largest absolute Gasteiger partial charge is 0.392 e. The van der Waals surface area contributed by atoms with Gasteiger partial charge in [0.2, 0.25) is 0 Å². The maximum absolute atomic E-state index is 12.6. The molecule has 1 fully saturated rings. The number of hydrogen-bond donors (Lipinski definition) is 1. The first kappa shape index (κ1) is 22.8. The van der Waals surface area contributed by atoms with E-state index in [0.29, 0.717) is 5.56 Å². The number of hydrogen-bond acceptors (Lipinski definition) is 4. The predicted molar refractivity (Wildman–Crippen MR) is 112 cm³/mol. The van der Waals surface area contributed by atoms with Crippen LogP contribution in [-0.2, 0) is 9.47 Å². The molecule has 0 radical (unpaired) electrons. The minimum Gasteiger partial charge on any atom is -0.392 e. The highest BCUT2D eigenvalue weighted by atomic mass is 16.7. The third-order valence-corrected chi connectivity index (χ3v) is 5.99. The SMILES string of the molecule is C=CC[C@H](C)[C@@H]1OC(C)(C)O[C@@H](C(C)(C)[C@@H](O)CC(=O)c2ccccc2)[C@@H]1C. The van der Waals surface area contributed by atoms with Gasteiger partial charge in [0, 0.05) is 23.3 Å². The zero-order valence-electron chi connectivity index (χ0n) is 18.1. The Kier molecular flexibility index (Phi) is 7.24.